The molecule has 196 valence electrons. The van der Waals surface area contributed by atoms with E-state index in [4.69, 9.17) is 9.47 Å². The van der Waals surface area contributed by atoms with Gasteiger partial charge in [-0.2, -0.15) is 4.98 Å². The zero-order valence-electron chi connectivity index (χ0n) is 19.9. The summed E-state index contributed by atoms with van der Waals surface area (Å²) < 4.78 is 54.7. The number of epoxide rings is 1. The fraction of sp³-hybridized carbons (Fsp3) is 0.360. The Kier molecular flexibility index (Phi) is 6.80. The molecule has 37 heavy (non-hydrogen) atoms. The Morgan fingerprint density at radius 1 is 1.08 bits per heavy atom. The summed E-state index contributed by atoms with van der Waals surface area (Å²) in [7, 11) is 1.62. The molecule has 0 radical (unpaired) electrons. The number of ether oxygens (including phenoxy) is 3. The maximum absolute atomic E-state index is 13.2. The van der Waals surface area contributed by atoms with Gasteiger partial charge in [-0.1, -0.05) is 42.5 Å². The largest absolute Gasteiger partial charge is 0.522 e. The lowest BCUT2D eigenvalue weighted by atomic mass is 10.2. The number of nitrogens with zero attached hydrogens (tertiary/aromatic N) is 4. The quantitative estimate of drug-likeness (QED) is 0.422. The minimum atomic E-state index is -4.71. The second-order valence-corrected chi connectivity index (χ2v) is 8.71. The van der Waals surface area contributed by atoms with Gasteiger partial charge >= 0.3 is 18.4 Å². The average Bonchev–Trinajstić information content (AvgIpc) is 3.59. The molecule has 5 rings (SSSR count). The van der Waals surface area contributed by atoms with Crippen molar-refractivity contribution in [3.05, 3.63) is 71.4 Å². The van der Waals surface area contributed by atoms with E-state index in [9.17, 15) is 23.1 Å². The van der Waals surface area contributed by atoms with Crippen LogP contribution in [0.25, 0.3) is 0 Å². The highest BCUT2D eigenvalue weighted by Gasteiger charge is 2.54. The van der Waals surface area contributed by atoms with Gasteiger partial charge < -0.3 is 14.6 Å². The van der Waals surface area contributed by atoms with Crippen LogP contribution in [0.4, 0.5) is 23.8 Å². The molecule has 1 unspecified atom stereocenters. The summed E-state index contributed by atoms with van der Waals surface area (Å²) in [5.74, 6) is 0.752. The number of anilines is 1. The van der Waals surface area contributed by atoms with Gasteiger partial charge in [-0.05, 0) is 29.7 Å². The van der Waals surface area contributed by atoms with E-state index in [-0.39, 0.29) is 18.6 Å². The predicted molar refractivity (Wildman–Crippen MR) is 125 cm³/mol. The number of alkyl halides is 3. The van der Waals surface area contributed by atoms with Crippen molar-refractivity contribution in [1.82, 2.24) is 14.5 Å². The number of halogens is 3. The SMILES string of the molecule is CN1C(=O)N(CCCO)C2O[C@H]2c2c1nc(Oc1ccc(COC(F)(F)F)cc1)n2Cc1ccccc1. The lowest BCUT2D eigenvalue weighted by molar-refractivity contribution is -0.330. The molecular formula is C25H25F3N4O5. The molecule has 3 aromatic rings. The Hall–Kier alpha value is -3.61. The van der Waals surface area contributed by atoms with Crippen LogP contribution in [0.3, 0.4) is 0 Å². The van der Waals surface area contributed by atoms with Crippen molar-refractivity contribution in [2.75, 3.05) is 25.1 Å². The number of hydrogen-bond acceptors (Lipinski definition) is 6. The molecule has 3 heterocycles. The zero-order valence-corrected chi connectivity index (χ0v) is 19.9. The third-order valence-corrected chi connectivity index (χ3v) is 6.12. The van der Waals surface area contributed by atoms with Gasteiger partial charge in [-0.3, -0.25) is 19.1 Å². The standard InChI is InChI=1S/C25H25F3N4O5/c1-30-21-19(20-22(37-20)31(24(30)34)12-5-13-33)32(14-16-6-3-2-4-7-16)23(29-21)36-18-10-8-17(9-11-18)15-35-25(26,27)28/h2-4,6-11,20,22,33H,5,12-15H2,1H3/t20-,22?/m0/s1. The average molecular weight is 518 g/mol. The van der Waals surface area contributed by atoms with Gasteiger partial charge in [0, 0.05) is 20.2 Å². The van der Waals surface area contributed by atoms with Crippen molar-refractivity contribution in [3.63, 3.8) is 0 Å². The summed E-state index contributed by atoms with van der Waals surface area (Å²) >= 11 is 0. The van der Waals surface area contributed by atoms with Crippen LogP contribution in [0.5, 0.6) is 11.8 Å². The first-order valence-corrected chi connectivity index (χ1v) is 11.7. The van der Waals surface area contributed by atoms with Gasteiger partial charge in [-0.15, -0.1) is 13.2 Å². The second-order valence-electron chi connectivity index (χ2n) is 8.71. The molecule has 2 amide bonds. The molecule has 0 spiro atoms. The van der Waals surface area contributed by atoms with Crippen LogP contribution in [0.1, 0.15) is 29.3 Å². The van der Waals surface area contributed by atoms with Crippen molar-refractivity contribution >= 4 is 11.8 Å². The minimum absolute atomic E-state index is 0.0462. The van der Waals surface area contributed by atoms with E-state index in [1.165, 1.54) is 29.2 Å². The number of carbonyl (C=O) groups excluding carboxylic acids is 1. The maximum atomic E-state index is 13.2. The molecule has 1 saturated heterocycles. The lowest BCUT2D eigenvalue weighted by Gasteiger charge is -2.24. The monoisotopic (exact) mass is 518 g/mol. The fourth-order valence-corrected chi connectivity index (χ4v) is 4.28. The zero-order chi connectivity index (χ0) is 26.2. The fourth-order valence-electron chi connectivity index (χ4n) is 4.28. The van der Waals surface area contributed by atoms with Crippen LogP contribution in [0.15, 0.2) is 54.6 Å². The Labute approximate surface area is 210 Å². The summed E-state index contributed by atoms with van der Waals surface area (Å²) in [6.45, 7) is 0.0784. The minimum Gasteiger partial charge on any atom is -0.425 e. The van der Waals surface area contributed by atoms with Crippen molar-refractivity contribution in [3.8, 4) is 11.8 Å². The molecule has 1 fully saturated rings. The Morgan fingerprint density at radius 3 is 2.49 bits per heavy atom. The molecule has 2 aromatic carbocycles. The summed E-state index contributed by atoms with van der Waals surface area (Å²) in [4.78, 5) is 20.8. The smallest absolute Gasteiger partial charge is 0.425 e. The molecule has 0 saturated carbocycles. The first kappa shape index (κ1) is 25.1. The molecule has 1 aromatic heterocycles. The third kappa shape index (κ3) is 5.41. The maximum Gasteiger partial charge on any atom is 0.522 e. The van der Waals surface area contributed by atoms with E-state index in [2.05, 4.69) is 9.72 Å². The number of aromatic nitrogens is 2. The number of aliphatic hydroxyl groups is 1. The Balaban J connectivity index is 1.46. The number of imidazole rings is 1. The molecule has 2 atom stereocenters. The molecule has 1 N–H and O–H groups in total. The van der Waals surface area contributed by atoms with Gasteiger partial charge in [-0.25, -0.2) is 4.79 Å². The van der Waals surface area contributed by atoms with Gasteiger partial charge in [0.1, 0.15) is 11.9 Å². The molecule has 12 heteroatoms. The van der Waals surface area contributed by atoms with Crippen molar-refractivity contribution in [2.45, 2.75) is 38.3 Å². The van der Waals surface area contributed by atoms with E-state index < -0.39 is 25.3 Å². The van der Waals surface area contributed by atoms with Crippen LogP contribution in [-0.4, -0.2) is 58.4 Å². The predicted octanol–water partition coefficient (Wildman–Crippen LogP) is 4.41. The lowest BCUT2D eigenvalue weighted by Crippen LogP contribution is -2.43. The van der Waals surface area contributed by atoms with Crippen LogP contribution in [-0.2, 0) is 22.6 Å². The first-order chi connectivity index (χ1) is 17.7. The van der Waals surface area contributed by atoms with Crippen LogP contribution < -0.4 is 9.64 Å². The molecular weight excluding hydrogens is 493 g/mol. The van der Waals surface area contributed by atoms with E-state index in [1.54, 1.807) is 11.9 Å². The number of carbonyl (C=O) groups is 1. The number of amides is 2. The van der Waals surface area contributed by atoms with Gasteiger partial charge in [0.25, 0.3) is 0 Å². The summed E-state index contributed by atoms with van der Waals surface area (Å²) in [5, 5.41) is 9.24. The van der Waals surface area contributed by atoms with Gasteiger partial charge in [0.2, 0.25) is 0 Å². The second kappa shape index (κ2) is 10.0. The summed E-state index contributed by atoms with van der Waals surface area (Å²) in [5.41, 5.74) is 1.98. The van der Waals surface area contributed by atoms with Crippen molar-refractivity contribution in [1.29, 1.82) is 0 Å². The number of aliphatic hydroxyl groups excluding tert-OH is 1. The van der Waals surface area contributed by atoms with E-state index >= 15 is 0 Å². The van der Waals surface area contributed by atoms with Gasteiger partial charge in [0.05, 0.1) is 18.8 Å². The highest BCUT2D eigenvalue weighted by atomic mass is 19.4. The number of benzene rings is 2. The topological polar surface area (TPSA) is 92.6 Å². The van der Waals surface area contributed by atoms with E-state index in [1.807, 2.05) is 34.9 Å². The van der Waals surface area contributed by atoms with E-state index in [0.717, 1.165) is 5.56 Å². The molecule has 2 aliphatic rings. The normalized spacial score (nSPS) is 18.9. The highest BCUT2D eigenvalue weighted by molar-refractivity contribution is 5.92. The number of rotatable bonds is 9. The Bertz CT molecular complexity index is 1250. The Morgan fingerprint density at radius 2 is 1.81 bits per heavy atom. The van der Waals surface area contributed by atoms with Crippen LogP contribution in [0, 0.1) is 0 Å². The van der Waals surface area contributed by atoms with Crippen LogP contribution in [0.2, 0.25) is 0 Å². The highest BCUT2D eigenvalue weighted by Crippen LogP contribution is 2.49. The van der Waals surface area contributed by atoms with Crippen molar-refractivity contribution in [2.24, 2.45) is 0 Å². The van der Waals surface area contributed by atoms with E-state index in [0.29, 0.717) is 42.3 Å². The van der Waals surface area contributed by atoms with Gasteiger partial charge in [0.15, 0.2) is 12.0 Å². The number of fused-ring (bicyclic) bond motifs is 3. The molecule has 9 nitrogen and oxygen atoms in total. The number of hydrogen-bond donors (Lipinski definition) is 1. The number of urea groups is 1. The molecule has 0 bridgehead atoms. The first-order valence-electron chi connectivity index (χ1n) is 11.7. The summed E-state index contributed by atoms with van der Waals surface area (Å²) in [6, 6.07) is 15.6. The molecule has 2 aliphatic heterocycles. The molecule has 0 aliphatic carbocycles. The van der Waals surface area contributed by atoms with Crippen molar-refractivity contribution < 1.29 is 37.3 Å². The third-order valence-electron chi connectivity index (χ3n) is 6.12. The summed E-state index contributed by atoms with van der Waals surface area (Å²) in [6.07, 6.45) is -5.19. The van der Waals surface area contributed by atoms with Crippen LogP contribution >= 0.6 is 0 Å².